The number of aromatic nitrogens is 1. The second-order valence-corrected chi connectivity index (χ2v) is 6.29. The summed E-state index contributed by atoms with van der Waals surface area (Å²) in [4.78, 5) is 25.2. The summed E-state index contributed by atoms with van der Waals surface area (Å²) in [6.07, 6.45) is 1.36. The van der Waals surface area contributed by atoms with Gasteiger partial charge in [-0.25, -0.2) is 4.98 Å². The highest BCUT2D eigenvalue weighted by Gasteiger charge is 2.13. The average Bonchev–Trinajstić information content (AvgIpc) is 3.19. The van der Waals surface area contributed by atoms with Crippen molar-refractivity contribution in [2.75, 3.05) is 5.32 Å². The van der Waals surface area contributed by atoms with Gasteiger partial charge in [0.2, 0.25) is 0 Å². The number of nitrogens with zero attached hydrogens (tertiary/aromatic N) is 4. The zero-order chi connectivity index (χ0) is 20.1. The Balaban J connectivity index is 1.84. The van der Waals surface area contributed by atoms with E-state index in [0.29, 0.717) is 16.3 Å². The lowest BCUT2D eigenvalue weighted by Gasteiger charge is -2.02. The van der Waals surface area contributed by atoms with E-state index in [-0.39, 0.29) is 22.6 Å². The van der Waals surface area contributed by atoms with Crippen molar-refractivity contribution in [3.8, 4) is 17.3 Å². The molecule has 28 heavy (non-hydrogen) atoms. The maximum atomic E-state index is 11.1. The molecule has 0 bridgehead atoms. The number of hydrogen-bond acceptors (Lipinski definition) is 8. The Morgan fingerprint density at radius 1 is 1.11 bits per heavy atom. The normalized spacial score (nSPS) is 10.9. The Kier molecular flexibility index (Phi) is 5.38. The zero-order valence-electron chi connectivity index (χ0n) is 14.1. The Bertz CT molecular complexity index is 1120. The number of nitro benzene ring substituents is 2. The summed E-state index contributed by atoms with van der Waals surface area (Å²) in [5.74, 6) is 0. The first kappa shape index (κ1) is 18.7. The van der Waals surface area contributed by atoms with Gasteiger partial charge < -0.3 is 5.32 Å². The fraction of sp³-hybridized carbons (Fsp3) is 0. The molecule has 0 radical (unpaired) electrons. The van der Waals surface area contributed by atoms with E-state index in [1.807, 2.05) is 6.07 Å². The van der Waals surface area contributed by atoms with E-state index in [1.54, 1.807) is 29.6 Å². The van der Waals surface area contributed by atoms with Crippen LogP contribution in [-0.4, -0.2) is 14.8 Å². The summed E-state index contributed by atoms with van der Waals surface area (Å²) in [5.41, 5.74) is 1.58. The molecule has 0 unspecified atom stereocenters. The molecule has 0 saturated heterocycles. The molecule has 0 atom stereocenters. The van der Waals surface area contributed by atoms with E-state index in [0.717, 1.165) is 0 Å². The maximum absolute atomic E-state index is 11.1. The van der Waals surface area contributed by atoms with Crippen LogP contribution in [0.4, 0.5) is 17.1 Å². The van der Waals surface area contributed by atoms with Crippen LogP contribution in [0.2, 0.25) is 0 Å². The Morgan fingerprint density at radius 2 is 1.82 bits per heavy atom. The molecule has 1 aromatic heterocycles. The molecule has 0 aliphatic carbocycles. The van der Waals surface area contributed by atoms with Gasteiger partial charge in [0.1, 0.15) is 22.3 Å². The molecule has 2 aromatic carbocycles. The second kappa shape index (κ2) is 8.07. The number of allylic oxidation sites excluding steroid dienone is 1. The molecule has 0 spiro atoms. The van der Waals surface area contributed by atoms with E-state index in [2.05, 4.69) is 10.3 Å². The molecule has 0 aliphatic heterocycles. The number of non-ortho nitro benzene ring substituents is 1. The van der Waals surface area contributed by atoms with E-state index >= 15 is 0 Å². The van der Waals surface area contributed by atoms with Gasteiger partial charge in [0, 0.05) is 35.3 Å². The SMILES string of the molecule is N#CC(=CNc1ccccc1[N+](=O)[O-])c1nc(-c2ccc([N+](=O)[O-])cc2)cs1. The van der Waals surface area contributed by atoms with Gasteiger partial charge in [0.15, 0.2) is 0 Å². The summed E-state index contributed by atoms with van der Waals surface area (Å²) >= 11 is 1.22. The number of para-hydroxylation sites is 2. The number of thiazole rings is 1. The minimum atomic E-state index is -0.516. The summed E-state index contributed by atoms with van der Waals surface area (Å²) in [6.45, 7) is 0. The molecule has 0 amide bonds. The monoisotopic (exact) mass is 393 g/mol. The van der Waals surface area contributed by atoms with Crippen LogP contribution in [0.15, 0.2) is 60.1 Å². The van der Waals surface area contributed by atoms with Crippen LogP contribution in [0.3, 0.4) is 0 Å². The van der Waals surface area contributed by atoms with E-state index < -0.39 is 9.85 Å². The fourth-order valence-electron chi connectivity index (χ4n) is 2.33. The van der Waals surface area contributed by atoms with Gasteiger partial charge in [0.05, 0.1) is 15.5 Å². The van der Waals surface area contributed by atoms with E-state index in [9.17, 15) is 25.5 Å². The highest BCUT2D eigenvalue weighted by Crippen LogP contribution is 2.28. The van der Waals surface area contributed by atoms with Gasteiger partial charge in [-0.2, -0.15) is 5.26 Å². The van der Waals surface area contributed by atoms with Crippen molar-refractivity contribution >= 4 is 34.0 Å². The van der Waals surface area contributed by atoms with Crippen molar-refractivity contribution in [2.24, 2.45) is 0 Å². The van der Waals surface area contributed by atoms with Gasteiger partial charge in [0.25, 0.3) is 11.4 Å². The fourth-order valence-corrected chi connectivity index (χ4v) is 3.13. The Morgan fingerprint density at radius 3 is 2.46 bits per heavy atom. The average molecular weight is 393 g/mol. The molecule has 9 nitrogen and oxygen atoms in total. The molecular weight excluding hydrogens is 382 g/mol. The predicted molar refractivity (Wildman–Crippen MR) is 105 cm³/mol. The molecule has 10 heteroatoms. The van der Waals surface area contributed by atoms with Gasteiger partial charge in [-0.05, 0) is 18.2 Å². The van der Waals surface area contributed by atoms with Gasteiger partial charge in [-0.15, -0.1) is 11.3 Å². The lowest BCUT2D eigenvalue weighted by atomic mass is 10.1. The maximum Gasteiger partial charge on any atom is 0.292 e. The Hall–Kier alpha value is -4.10. The third-order valence-corrected chi connectivity index (χ3v) is 4.58. The zero-order valence-corrected chi connectivity index (χ0v) is 14.9. The number of hydrogen-bond donors (Lipinski definition) is 1. The number of nitro groups is 2. The lowest BCUT2D eigenvalue weighted by Crippen LogP contribution is -1.96. The quantitative estimate of drug-likeness (QED) is 0.367. The highest BCUT2D eigenvalue weighted by atomic mass is 32.1. The molecule has 3 rings (SSSR count). The van der Waals surface area contributed by atoms with Crippen molar-refractivity contribution in [1.29, 1.82) is 5.26 Å². The summed E-state index contributed by atoms with van der Waals surface area (Å²) < 4.78 is 0. The Labute approximate surface area is 162 Å². The van der Waals surface area contributed by atoms with Crippen LogP contribution in [0.25, 0.3) is 16.8 Å². The number of benzene rings is 2. The van der Waals surface area contributed by atoms with Crippen LogP contribution in [0.1, 0.15) is 5.01 Å². The molecule has 0 fully saturated rings. The second-order valence-electron chi connectivity index (χ2n) is 5.43. The standard InChI is InChI=1S/C18H11N5O4S/c19-9-13(10-20-15-3-1-2-4-17(15)23(26)27)18-21-16(11-28-18)12-5-7-14(8-6-12)22(24)25/h1-8,10-11,20H. The lowest BCUT2D eigenvalue weighted by molar-refractivity contribution is -0.384. The van der Waals surface area contributed by atoms with Crippen LogP contribution >= 0.6 is 11.3 Å². The van der Waals surface area contributed by atoms with Gasteiger partial charge in [-0.1, -0.05) is 12.1 Å². The van der Waals surface area contributed by atoms with Crippen LogP contribution in [0, 0.1) is 31.6 Å². The largest absolute Gasteiger partial charge is 0.355 e. The van der Waals surface area contributed by atoms with Crippen molar-refractivity contribution in [1.82, 2.24) is 4.98 Å². The smallest absolute Gasteiger partial charge is 0.292 e. The number of nitriles is 1. The van der Waals surface area contributed by atoms with Crippen molar-refractivity contribution < 1.29 is 9.85 Å². The first-order valence-electron chi connectivity index (χ1n) is 7.80. The summed E-state index contributed by atoms with van der Waals surface area (Å²) in [7, 11) is 0. The highest BCUT2D eigenvalue weighted by molar-refractivity contribution is 7.11. The van der Waals surface area contributed by atoms with Crippen molar-refractivity contribution in [2.45, 2.75) is 0 Å². The molecule has 0 aliphatic rings. The molecule has 1 N–H and O–H groups in total. The molecule has 1 heterocycles. The number of anilines is 1. The molecular formula is C18H11N5O4S. The first-order chi connectivity index (χ1) is 13.5. The molecule has 138 valence electrons. The molecule has 0 saturated carbocycles. The predicted octanol–water partition coefficient (Wildman–Crippen LogP) is 4.60. The summed E-state index contributed by atoms with van der Waals surface area (Å²) in [5, 5.41) is 36.1. The van der Waals surface area contributed by atoms with Crippen LogP contribution in [-0.2, 0) is 0 Å². The van der Waals surface area contributed by atoms with Gasteiger partial charge in [-0.3, -0.25) is 20.2 Å². The number of rotatable bonds is 6. The minimum Gasteiger partial charge on any atom is -0.355 e. The molecule has 3 aromatic rings. The third kappa shape index (κ3) is 4.00. The topological polar surface area (TPSA) is 135 Å². The third-order valence-electron chi connectivity index (χ3n) is 3.70. The van der Waals surface area contributed by atoms with Crippen LogP contribution in [0.5, 0.6) is 0 Å². The van der Waals surface area contributed by atoms with Crippen molar-refractivity contribution in [3.63, 3.8) is 0 Å². The number of nitrogens with one attached hydrogen (secondary N) is 1. The van der Waals surface area contributed by atoms with Crippen LogP contribution < -0.4 is 5.32 Å². The van der Waals surface area contributed by atoms with Gasteiger partial charge >= 0.3 is 0 Å². The van der Waals surface area contributed by atoms with Crippen molar-refractivity contribution in [3.05, 3.63) is 85.3 Å². The minimum absolute atomic E-state index is 0.0227. The summed E-state index contributed by atoms with van der Waals surface area (Å²) in [6, 6.07) is 14.0. The van der Waals surface area contributed by atoms with E-state index in [1.165, 1.54) is 41.8 Å². The van der Waals surface area contributed by atoms with E-state index in [4.69, 9.17) is 0 Å². The first-order valence-corrected chi connectivity index (χ1v) is 8.68.